The average Bonchev–Trinajstić information content (AvgIpc) is 3.99. The molecule has 0 saturated heterocycles. The number of nitrogens with zero attached hydrogens (tertiary/aromatic N) is 5. The van der Waals surface area contributed by atoms with E-state index in [0.717, 1.165) is 71.8 Å². The van der Waals surface area contributed by atoms with Crippen molar-refractivity contribution in [2.75, 3.05) is 0 Å². The minimum atomic E-state index is 0.557. The first-order valence-corrected chi connectivity index (χ1v) is 25.2. The van der Waals surface area contributed by atoms with Gasteiger partial charge in [-0.05, 0) is 132 Å². The van der Waals surface area contributed by atoms with E-state index in [1.165, 1.54) is 54.3 Å². The molecule has 74 heavy (non-hydrogen) atoms. The van der Waals surface area contributed by atoms with Gasteiger partial charge in [-0.3, -0.25) is 4.57 Å². The summed E-state index contributed by atoms with van der Waals surface area (Å²) >= 11 is 0. The fraction of sp³-hybridized carbons (Fsp3) is 0. The molecule has 3 aromatic heterocycles. The van der Waals surface area contributed by atoms with Crippen LogP contribution in [-0.2, 0) is 0 Å². The number of hydrogen-bond acceptors (Lipinski definition) is 3. The lowest BCUT2D eigenvalue weighted by Gasteiger charge is -2.13. The Hall–Kier alpha value is -9.97. The number of aromatic nitrogens is 5. The molecule has 0 bridgehead atoms. The van der Waals surface area contributed by atoms with Gasteiger partial charge in [-0.15, -0.1) is 0 Å². The first kappa shape index (κ1) is 41.8. The third kappa shape index (κ3) is 6.75. The molecule has 12 aromatic carbocycles. The van der Waals surface area contributed by atoms with Crippen molar-refractivity contribution in [3.05, 3.63) is 261 Å². The van der Waals surface area contributed by atoms with Gasteiger partial charge in [-0.2, -0.15) is 9.97 Å². The minimum Gasteiger partial charge on any atom is -0.309 e. The van der Waals surface area contributed by atoms with Crippen molar-refractivity contribution in [1.82, 2.24) is 24.1 Å². The molecule has 0 fully saturated rings. The first-order valence-electron chi connectivity index (χ1n) is 25.2. The SMILES string of the molecule is c1ccc(-c2ccc3c(c2)c2cc(-c4ccc5c(c4)c4cc(-c6ccccc6)ccc4n5-c4nc(-c5ccccc5)nc(-c5ccc6c7ccccc7c7ccccc7c6c5)n4)ccc2n3-c2ccccc2)cc1. The van der Waals surface area contributed by atoms with Gasteiger partial charge < -0.3 is 4.57 Å². The van der Waals surface area contributed by atoms with Crippen molar-refractivity contribution in [2.24, 2.45) is 0 Å². The second kappa shape index (κ2) is 16.8. The van der Waals surface area contributed by atoms with Gasteiger partial charge in [0.25, 0.3) is 0 Å². The average molecular weight is 942 g/mol. The Morgan fingerprint density at radius 3 is 0.986 bits per heavy atom. The summed E-state index contributed by atoms with van der Waals surface area (Å²) in [4.78, 5) is 16.0. The van der Waals surface area contributed by atoms with Crippen LogP contribution in [0.3, 0.4) is 0 Å². The topological polar surface area (TPSA) is 48.5 Å². The third-order valence-electron chi connectivity index (χ3n) is 15.0. The summed E-state index contributed by atoms with van der Waals surface area (Å²) in [6.45, 7) is 0. The summed E-state index contributed by atoms with van der Waals surface area (Å²) in [6, 6.07) is 93.7. The van der Waals surface area contributed by atoms with Gasteiger partial charge in [0.15, 0.2) is 11.6 Å². The summed E-state index contributed by atoms with van der Waals surface area (Å²) in [7, 11) is 0. The maximum atomic E-state index is 5.44. The Balaban J connectivity index is 0.950. The van der Waals surface area contributed by atoms with Crippen molar-refractivity contribution in [3.63, 3.8) is 0 Å². The molecule has 5 nitrogen and oxygen atoms in total. The lowest BCUT2D eigenvalue weighted by atomic mass is 9.93. The smallest absolute Gasteiger partial charge is 0.238 e. The molecule has 0 unspecified atom stereocenters. The lowest BCUT2D eigenvalue weighted by molar-refractivity contribution is 0.954. The van der Waals surface area contributed by atoms with Crippen LogP contribution in [0.25, 0.3) is 144 Å². The van der Waals surface area contributed by atoms with E-state index < -0.39 is 0 Å². The van der Waals surface area contributed by atoms with E-state index in [1.807, 2.05) is 18.2 Å². The van der Waals surface area contributed by atoms with E-state index in [-0.39, 0.29) is 0 Å². The van der Waals surface area contributed by atoms with Crippen molar-refractivity contribution < 1.29 is 0 Å². The van der Waals surface area contributed by atoms with Gasteiger partial charge in [0.1, 0.15) is 0 Å². The molecule has 15 aromatic rings. The van der Waals surface area contributed by atoms with Crippen LogP contribution in [0.2, 0.25) is 0 Å². The Labute approximate surface area is 426 Å². The van der Waals surface area contributed by atoms with E-state index in [0.29, 0.717) is 17.6 Å². The van der Waals surface area contributed by atoms with Crippen LogP contribution in [0.5, 0.6) is 0 Å². The summed E-state index contributed by atoms with van der Waals surface area (Å²) < 4.78 is 4.62. The van der Waals surface area contributed by atoms with Crippen LogP contribution in [0.4, 0.5) is 0 Å². The van der Waals surface area contributed by atoms with Gasteiger partial charge in [0.05, 0.1) is 22.1 Å². The lowest BCUT2D eigenvalue weighted by Crippen LogP contribution is -2.06. The van der Waals surface area contributed by atoms with Crippen molar-refractivity contribution in [3.8, 4) is 67.8 Å². The summed E-state index contributed by atoms with van der Waals surface area (Å²) in [5.41, 5.74) is 14.3. The Bertz CT molecular complexity index is 4660. The minimum absolute atomic E-state index is 0.557. The van der Waals surface area contributed by atoms with Gasteiger partial charge in [0.2, 0.25) is 5.95 Å². The monoisotopic (exact) mass is 941 g/mol. The largest absolute Gasteiger partial charge is 0.309 e. The highest BCUT2D eigenvalue weighted by molar-refractivity contribution is 6.25. The maximum absolute atomic E-state index is 5.44. The van der Waals surface area contributed by atoms with Crippen molar-refractivity contribution >= 4 is 75.9 Å². The molecule has 344 valence electrons. The van der Waals surface area contributed by atoms with E-state index in [2.05, 4.69) is 252 Å². The van der Waals surface area contributed by atoms with Gasteiger partial charge in [0, 0.05) is 38.4 Å². The van der Waals surface area contributed by atoms with Crippen LogP contribution in [-0.4, -0.2) is 24.1 Å². The van der Waals surface area contributed by atoms with Crippen LogP contribution in [0, 0.1) is 0 Å². The van der Waals surface area contributed by atoms with Crippen LogP contribution < -0.4 is 0 Å². The summed E-state index contributed by atoms with van der Waals surface area (Å²) in [6.07, 6.45) is 0. The zero-order valence-electron chi connectivity index (χ0n) is 40.1. The van der Waals surface area contributed by atoms with Crippen LogP contribution in [0.1, 0.15) is 0 Å². The normalized spacial score (nSPS) is 11.8. The number of fused-ring (bicyclic) bond motifs is 12. The van der Waals surface area contributed by atoms with Gasteiger partial charge in [-0.25, -0.2) is 4.98 Å². The number of para-hydroxylation sites is 1. The Morgan fingerprint density at radius 1 is 0.203 bits per heavy atom. The van der Waals surface area contributed by atoms with Gasteiger partial charge in [-0.1, -0.05) is 194 Å². The van der Waals surface area contributed by atoms with E-state index >= 15 is 0 Å². The molecule has 15 rings (SSSR count). The molecular formula is C69H43N5. The molecule has 0 amide bonds. The molecule has 0 N–H and O–H groups in total. The zero-order chi connectivity index (χ0) is 48.7. The second-order valence-corrected chi connectivity index (χ2v) is 19.2. The summed E-state index contributed by atoms with van der Waals surface area (Å²) in [5, 5.41) is 11.9. The maximum Gasteiger partial charge on any atom is 0.238 e. The Kier molecular flexibility index (Phi) is 9.50. The Morgan fingerprint density at radius 2 is 0.527 bits per heavy atom. The van der Waals surface area contributed by atoms with Crippen LogP contribution >= 0.6 is 0 Å². The summed E-state index contributed by atoms with van der Waals surface area (Å²) in [5.74, 6) is 1.78. The molecule has 3 heterocycles. The molecular weight excluding hydrogens is 899 g/mol. The predicted molar refractivity (Wildman–Crippen MR) is 308 cm³/mol. The highest BCUT2D eigenvalue weighted by Crippen LogP contribution is 2.42. The van der Waals surface area contributed by atoms with E-state index in [4.69, 9.17) is 15.0 Å². The number of benzene rings is 12. The second-order valence-electron chi connectivity index (χ2n) is 19.2. The van der Waals surface area contributed by atoms with Crippen molar-refractivity contribution in [1.29, 1.82) is 0 Å². The molecule has 0 saturated carbocycles. The fourth-order valence-corrected chi connectivity index (χ4v) is 11.5. The quantitative estimate of drug-likeness (QED) is 0.150. The molecule has 0 aliphatic heterocycles. The molecule has 0 radical (unpaired) electrons. The highest BCUT2D eigenvalue weighted by atomic mass is 15.2. The van der Waals surface area contributed by atoms with E-state index in [9.17, 15) is 0 Å². The predicted octanol–water partition coefficient (Wildman–Crippen LogP) is 17.9. The van der Waals surface area contributed by atoms with E-state index in [1.54, 1.807) is 0 Å². The number of hydrogen-bond donors (Lipinski definition) is 0. The molecule has 0 atom stereocenters. The van der Waals surface area contributed by atoms with Crippen molar-refractivity contribution in [2.45, 2.75) is 0 Å². The first-order chi connectivity index (χ1) is 36.7. The molecule has 0 aliphatic rings. The molecule has 5 heteroatoms. The third-order valence-corrected chi connectivity index (χ3v) is 15.0. The molecule has 0 aliphatic carbocycles. The van der Waals surface area contributed by atoms with Gasteiger partial charge >= 0.3 is 0 Å². The standard InChI is InChI=1S/C69H43N5/c1-5-17-44(18-6-1)47-30-35-63-59(39-47)60-41-49(32-36-64(60)73(63)52-23-11-4-12-24-52)50-33-38-66-62(42-50)61-40-48(45-19-7-2-8-20-45)31-37-65(61)74(66)69-71-67(46-21-9-3-10-22-46)70-68(72-69)51-29-34-57-55-27-14-13-25-53(55)54-26-15-16-28-56(54)58(57)43-51/h1-43H. The van der Waals surface area contributed by atoms with Crippen LogP contribution in [0.15, 0.2) is 261 Å². The number of rotatable bonds is 7. The molecule has 0 spiro atoms. The zero-order valence-corrected chi connectivity index (χ0v) is 40.1. The fourth-order valence-electron chi connectivity index (χ4n) is 11.5. The highest BCUT2D eigenvalue weighted by Gasteiger charge is 2.21.